The molecule has 1 fully saturated rings. The molecular formula is C15H24N2O. The normalized spacial score (nSPS) is 28.0. The van der Waals surface area contributed by atoms with Gasteiger partial charge in [-0.2, -0.15) is 0 Å². The lowest BCUT2D eigenvalue weighted by Crippen LogP contribution is -2.50. The Morgan fingerprint density at radius 2 is 2.17 bits per heavy atom. The second-order valence-corrected chi connectivity index (χ2v) is 6.05. The van der Waals surface area contributed by atoms with Gasteiger partial charge in [0.1, 0.15) is 5.76 Å². The number of nitrogens with one attached hydrogen (secondary N) is 1. The lowest BCUT2D eigenvalue weighted by Gasteiger charge is -2.43. The highest BCUT2D eigenvalue weighted by molar-refractivity contribution is 5.24. The predicted octanol–water partition coefficient (Wildman–Crippen LogP) is 2.73. The van der Waals surface area contributed by atoms with Gasteiger partial charge in [-0.05, 0) is 45.7 Å². The highest BCUT2D eigenvalue weighted by atomic mass is 16.3. The molecule has 18 heavy (non-hydrogen) atoms. The SMILES string of the molecule is CNC1(C)CCN(C2CCCc3occc32)CC1. The lowest BCUT2D eigenvalue weighted by atomic mass is 9.86. The van der Waals surface area contributed by atoms with Crippen molar-refractivity contribution in [3.05, 3.63) is 23.7 Å². The summed E-state index contributed by atoms with van der Waals surface area (Å²) in [4.78, 5) is 2.66. The maximum absolute atomic E-state index is 5.60. The minimum absolute atomic E-state index is 0.338. The van der Waals surface area contributed by atoms with Crippen LogP contribution in [0.4, 0.5) is 0 Å². The summed E-state index contributed by atoms with van der Waals surface area (Å²) in [5, 5.41) is 3.47. The number of furan rings is 1. The van der Waals surface area contributed by atoms with E-state index in [2.05, 4.69) is 30.3 Å². The molecule has 0 aromatic carbocycles. The molecule has 0 bridgehead atoms. The molecule has 3 heteroatoms. The molecule has 1 unspecified atom stereocenters. The summed E-state index contributed by atoms with van der Waals surface area (Å²) in [5.74, 6) is 1.23. The molecule has 2 aliphatic rings. The van der Waals surface area contributed by atoms with Crippen molar-refractivity contribution >= 4 is 0 Å². The number of piperidine rings is 1. The standard InChI is InChI=1S/C15H24N2O/c1-15(16-2)7-9-17(10-8-15)13-4-3-5-14-12(13)6-11-18-14/h6,11,13,16H,3-5,7-10H2,1-2H3. The van der Waals surface area contributed by atoms with Crippen LogP contribution in [0.15, 0.2) is 16.7 Å². The van der Waals surface area contributed by atoms with Gasteiger partial charge in [0.15, 0.2) is 0 Å². The molecule has 1 atom stereocenters. The van der Waals surface area contributed by atoms with Crippen molar-refractivity contribution in [1.82, 2.24) is 10.2 Å². The largest absolute Gasteiger partial charge is 0.469 e. The molecule has 1 aromatic heterocycles. The summed E-state index contributed by atoms with van der Waals surface area (Å²) >= 11 is 0. The number of nitrogens with zero attached hydrogens (tertiary/aromatic N) is 1. The third-order valence-electron chi connectivity index (χ3n) is 4.97. The number of hydrogen-bond acceptors (Lipinski definition) is 3. The zero-order valence-electron chi connectivity index (χ0n) is 11.5. The Balaban J connectivity index is 1.71. The van der Waals surface area contributed by atoms with E-state index >= 15 is 0 Å². The Morgan fingerprint density at radius 3 is 2.89 bits per heavy atom. The first-order valence-corrected chi connectivity index (χ1v) is 7.21. The minimum Gasteiger partial charge on any atom is -0.469 e. The second-order valence-electron chi connectivity index (χ2n) is 6.05. The van der Waals surface area contributed by atoms with Gasteiger partial charge in [0.05, 0.1) is 6.26 Å². The van der Waals surface area contributed by atoms with Gasteiger partial charge in [0, 0.05) is 36.7 Å². The number of fused-ring (bicyclic) bond motifs is 1. The Kier molecular flexibility index (Phi) is 3.20. The maximum Gasteiger partial charge on any atom is 0.108 e. The summed E-state index contributed by atoms with van der Waals surface area (Å²) in [5.41, 5.74) is 1.79. The van der Waals surface area contributed by atoms with Crippen molar-refractivity contribution in [2.45, 2.75) is 50.6 Å². The van der Waals surface area contributed by atoms with E-state index in [9.17, 15) is 0 Å². The molecule has 2 heterocycles. The average molecular weight is 248 g/mol. The van der Waals surface area contributed by atoms with E-state index in [4.69, 9.17) is 4.42 Å². The predicted molar refractivity (Wildman–Crippen MR) is 72.7 cm³/mol. The van der Waals surface area contributed by atoms with Gasteiger partial charge in [-0.3, -0.25) is 4.90 Å². The Bertz CT molecular complexity index is 404. The van der Waals surface area contributed by atoms with Gasteiger partial charge < -0.3 is 9.73 Å². The summed E-state index contributed by atoms with van der Waals surface area (Å²) in [6.45, 7) is 4.74. The third-order valence-corrected chi connectivity index (χ3v) is 4.97. The fourth-order valence-electron chi connectivity index (χ4n) is 3.42. The molecular weight excluding hydrogens is 224 g/mol. The van der Waals surface area contributed by atoms with Crippen LogP contribution in [0.5, 0.6) is 0 Å². The molecule has 100 valence electrons. The van der Waals surface area contributed by atoms with Crippen LogP contribution >= 0.6 is 0 Å². The molecule has 0 amide bonds. The van der Waals surface area contributed by atoms with Crippen molar-refractivity contribution in [3.63, 3.8) is 0 Å². The molecule has 3 nitrogen and oxygen atoms in total. The molecule has 1 saturated heterocycles. The smallest absolute Gasteiger partial charge is 0.108 e. The first kappa shape index (κ1) is 12.2. The van der Waals surface area contributed by atoms with E-state index < -0.39 is 0 Å². The zero-order valence-corrected chi connectivity index (χ0v) is 11.5. The lowest BCUT2D eigenvalue weighted by molar-refractivity contribution is 0.0992. The first-order chi connectivity index (χ1) is 8.72. The quantitative estimate of drug-likeness (QED) is 0.872. The van der Waals surface area contributed by atoms with Crippen LogP contribution < -0.4 is 5.32 Å². The fraction of sp³-hybridized carbons (Fsp3) is 0.733. The summed E-state index contributed by atoms with van der Waals surface area (Å²) in [6, 6.07) is 2.79. The Hall–Kier alpha value is -0.800. The van der Waals surface area contributed by atoms with Crippen molar-refractivity contribution in [1.29, 1.82) is 0 Å². The van der Waals surface area contributed by atoms with Gasteiger partial charge in [-0.25, -0.2) is 0 Å². The number of aryl methyl sites for hydroxylation is 1. The molecule has 0 saturated carbocycles. The summed E-state index contributed by atoms with van der Waals surface area (Å²) < 4.78 is 5.60. The van der Waals surface area contributed by atoms with Crippen molar-refractivity contribution < 1.29 is 4.42 Å². The van der Waals surface area contributed by atoms with Crippen LogP contribution in [0, 0.1) is 0 Å². The molecule has 1 aliphatic heterocycles. The molecule has 0 radical (unpaired) electrons. The third kappa shape index (κ3) is 2.10. The van der Waals surface area contributed by atoms with Crippen LogP contribution in [-0.2, 0) is 6.42 Å². The van der Waals surface area contributed by atoms with E-state index in [0.717, 1.165) is 6.42 Å². The van der Waals surface area contributed by atoms with Gasteiger partial charge in [0.25, 0.3) is 0 Å². The number of hydrogen-bond donors (Lipinski definition) is 1. The average Bonchev–Trinajstić information content (AvgIpc) is 2.88. The Morgan fingerprint density at radius 1 is 1.39 bits per heavy atom. The maximum atomic E-state index is 5.60. The van der Waals surface area contributed by atoms with E-state index in [1.165, 1.54) is 50.1 Å². The van der Waals surface area contributed by atoms with E-state index in [0.29, 0.717) is 11.6 Å². The first-order valence-electron chi connectivity index (χ1n) is 7.21. The summed E-state index contributed by atoms with van der Waals surface area (Å²) in [7, 11) is 2.09. The van der Waals surface area contributed by atoms with Crippen LogP contribution in [0.1, 0.15) is 50.0 Å². The number of likely N-dealkylation sites (tertiary alicyclic amines) is 1. The minimum atomic E-state index is 0.338. The second kappa shape index (κ2) is 4.71. The number of rotatable bonds is 2. The van der Waals surface area contributed by atoms with E-state index in [-0.39, 0.29) is 0 Å². The van der Waals surface area contributed by atoms with Gasteiger partial charge in [-0.15, -0.1) is 0 Å². The van der Waals surface area contributed by atoms with Gasteiger partial charge >= 0.3 is 0 Å². The van der Waals surface area contributed by atoms with E-state index in [1.54, 1.807) is 0 Å². The fourth-order valence-corrected chi connectivity index (χ4v) is 3.42. The topological polar surface area (TPSA) is 28.4 Å². The van der Waals surface area contributed by atoms with Gasteiger partial charge in [-0.1, -0.05) is 0 Å². The molecule has 1 N–H and O–H groups in total. The van der Waals surface area contributed by atoms with Crippen LogP contribution in [0.25, 0.3) is 0 Å². The van der Waals surface area contributed by atoms with Crippen molar-refractivity contribution in [3.8, 4) is 0 Å². The Labute approximate surface area is 110 Å². The van der Waals surface area contributed by atoms with E-state index in [1.807, 2.05) is 6.26 Å². The van der Waals surface area contributed by atoms with Gasteiger partial charge in [0.2, 0.25) is 0 Å². The molecule has 1 aromatic rings. The van der Waals surface area contributed by atoms with Crippen LogP contribution in [0.3, 0.4) is 0 Å². The molecule has 0 spiro atoms. The monoisotopic (exact) mass is 248 g/mol. The molecule has 1 aliphatic carbocycles. The highest BCUT2D eigenvalue weighted by Gasteiger charge is 2.34. The van der Waals surface area contributed by atoms with Crippen LogP contribution in [0.2, 0.25) is 0 Å². The van der Waals surface area contributed by atoms with Crippen molar-refractivity contribution in [2.75, 3.05) is 20.1 Å². The van der Waals surface area contributed by atoms with Crippen molar-refractivity contribution in [2.24, 2.45) is 0 Å². The zero-order chi connectivity index (χ0) is 12.6. The highest BCUT2D eigenvalue weighted by Crippen LogP contribution is 2.37. The summed E-state index contributed by atoms with van der Waals surface area (Å²) in [6.07, 6.45) is 8.04. The molecule has 3 rings (SSSR count). The van der Waals surface area contributed by atoms with Crippen LogP contribution in [-0.4, -0.2) is 30.6 Å².